The van der Waals surface area contributed by atoms with Crippen molar-refractivity contribution in [2.45, 2.75) is 13.5 Å². The predicted molar refractivity (Wildman–Crippen MR) is 226 cm³/mol. The third-order valence-electron chi connectivity index (χ3n) is 9.63. The van der Waals surface area contributed by atoms with Gasteiger partial charge in [-0.3, -0.25) is 19.9 Å². The molecule has 3 heterocycles. The lowest BCUT2D eigenvalue weighted by Crippen LogP contribution is -2.24. The summed E-state index contributed by atoms with van der Waals surface area (Å²) in [5.74, 6) is -0.735. The van der Waals surface area contributed by atoms with E-state index < -0.39 is 11.6 Å². The number of pyridine rings is 3. The summed E-state index contributed by atoms with van der Waals surface area (Å²) in [7, 11) is 0. The van der Waals surface area contributed by atoms with Crippen molar-refractivity contribution in [3.63, 3.8) is 0 Å². The van der Waals surface area contributed by atoms with E-state index in [2.05, 4.69) is 33.2 Å². The van der Waals surface area contributed by atoms with E-state index in [0.29, 0.717) is 16.7 Å². The Bertz CT molecular complexity index is 3030. The van der Waals surface area contributed by atoms with Crippen LogP contribution in [0.3, 0.4) is 0 Å². The number of halogens is 2. The standard InChI is InChI=1S/C48H34F2N6/c1-4-5-12-32-26-39(37-16-10-23-52-44(37)30(32)2)33-18-20-42(49)36(25-33)29-55-48(56-47(51-3)31-13-7-6-8-14-31)41-27-34(19-21-43(41)50)40-28-35-15-9-22-53-45(35)46-38(40)17-11-24-54-46/h4-28H,2-3,29H2,1H3/b5-4-,32-12-,55-48-,56-47-. The molecular weight excluding hydrogens is 699 g/mol. The number of hydrogen-bond acceptors (Lipinski definition) is 4. The lowest BCUT2D eigenvalue weighted by atomic mass is 9.96. The average Bonchev–Trinajstić information content (AvgIpc) is 3.24. The van der Waals surface area contributed by atoms with E-state index in [0.717, 1.165) is 59.8 Å². The van der Waals surface area contributed by atoms with Gasteiger partial charge in [0.05, 0.1) is 28.7 Å². The van der Waals surface area contributed by atoms with E-state index in [1.165, 1.54) is 12.1 Å². The number of allylic oxidation sites excluding steroid dienone is 2. The highest BCUT2D eigenvalue weighted by atomic mass is 19.1. The normalized spacial score (nSPS) is 12.7. The minimum Gasteiger partial charge on any atom is -0.261 e. The molecule has 0 radical (unpaired) electrons. The molecule has 6 nitrogen and oxygen atoms in total. The van der Waals surface area contributed by atoms with Gasteiger partial charge in [-0.05, 0) is 95.7 Å². The van der Waals surface area contributed by atoms with Crippen LogP contribution in [0.2, 0.25) is 0 Å². The highest BCUT2D eigenvalue weighted by Gasteiger charge is 2.17. The van der Waals surface area contributed by atoms with E-state index in [1.807, 2.05) is 104 Å². The molecule has 5 aromatic carbocycles. The van der Waals surface area contributed by atoms with Crippen LogP contribution in [0.25, 0.3) is 67.6 Å². The van der Waals surface area contributed by atoms with Gasteiger partial charge in [-0.25, -0.2) is 18.8 Å². The molecule has 0 aliphatic heterocycles. The largest absolute Gasteiger partial charge is 0.261 e. The first-order valence-corrected chi connectivity index (χ1v) is 18.0. The Kier molecular flexibility index (Phi) is 9.93. The van der Waals surface area contributed by atoms with Crippen LogP contribution in [-0.2, 0) is 6.54 Å². The molecule has 0 spiro atoms. The Balaban J connectivity index is 1.29. The zero-order valence-corrected chi connectivity index (χ0v) is 30.5. The first-order valence-electron chi connectivity index (χ1n) is 18.0. The van der Waals surface area contributed by atoms with Crippen molar-refractivity contribution in [1.82, 2.24) is 15.0 Å². The third kappa shape index (κ3) is 6.92. The molecule has 0 aliphatic carbocycles. The van der Waals surface area contributed by atoms with E-state index in [4.69, 9.17) is 9.98 Å². The summed E-state index contributed by atoms with van der Waals surface area (Å²) >= 11 is 0. The summed E-state index contributed by atoms with van der Waals surface area (Å²) in [5, 5.41) is 4.34. The highest BCUT2D eigenvalue weighted by molar-refractivity contribution is 6.14. The minimum absolute atomic E-state index is 0.0320. The van der Waals surface area contributed by atoms with Crippen molar-refractivity contribution in [2.75, 3.05) is 0 Å². The second kappa shape index (κ2) is 15.6. The Morgan fingerprint density at radius 3 is 2.09 bits per heavy atom. The van der Waals surface area contributed by atoms with E-state index in [-0.39, 0.29) is 23.8 Å². The summed E-state index contributed by atoms with van der Waals surface area (Å²) in [6.07, 6.45) is 11.1. The Morgan fingerprint density at radius 1 is 0.679 bits per heavy atom. The Morgan fingerprint density at radius 2 is 1.34 bits per heavy atom. The quantitative estimate of drug-likeness (QED) is 0.0931. The SMILES string of the molecule is C=N/C(=N\C(=N/Cc1cc(-c2c/c(=C/C=C\C)c(=C)c3ncccc23)ccc1F)c1cc(-c2cc3cccnc3c3ncccc23)ccc1F)c1ccccc1. The van der Waals surface area contributed by atoms with E-state index in [1.54, 1.807) is 42.9 Å². The monoisotopic (exact) mass is 732 g/mol. The van der Waals surface area contributed by atoms with Gasteiger partial charge >= 0.3 is 0 Å². The first-order chi connectivity index (χ1) is 27.4. The lowest BCUT2D eigenvalue weighted by Gasteiger charge is -2.13. The maximum absolute atomic E-state index is 16.1. The van der Waals surface area contributed by atoms with Crippen molar-refractivity contribution in [3.8, 4) is 22.3 Å². The fourth-order valence-electron chi connectivity index (χ4n) is 6.87. The fraction of sp³-hybridized carbons (Fsp3) is 0.0417. The van der Waals surface area contributed by atoms with Gasteiger partial charge in [0.1, 0.15) is 11.6 Å². The number of nitrogens with zero attached hydrogens (tertiary/aromatic N) is 6. The summed E-state index contributed by atoms with van der Waals surface area (Å²) < 4.78 is 31.9. The first kappa shape index (κ1) is 35.7. The van der Waals surface area contributed by atoms with E-state index in [9.17, 15) is 0 Å². The molecule has 0 amide bonds. The molecule has 0 unspecified atom stereocenters. The molecule has 3 aromatic heterocycles. The molecule has 0 atom stereocenters. The molecule has 0 saturated carbocycles. The van der Waals surface area contributed by atoms with Gasteiger partial charge in [0.2, 0.25) is 0 Å². The number of aliphatic imine (C=N–C) groups is 3. The smallest absolute Gasteiger partial charge is 0.161 e. The van der Waals surface area contributed by atoms with Gasteiger partial charge in [0.15, 0.2) is 11.7 Å². The van der Waals surface area contributed by atoms with Crippen LogP contribution in [0.15, 0.2) is 161 Å². The maximum atomic E-state index is 16.1. The predicted octanol–water partition coefficient (Wildman–Crippen LogP) is 9.80. The number of benzene rings is 5. The molecule has 0 bridgehead atoms. The summed E-state index contributed by atoms with van der Waals surface area (Å²) in [6, 6.07) is 34.6. The second-order valence-electron chi connectivity index (χ2n) is 13.1. The molecule has 8 rings (SSSR count). The minimum atomic E-state index is -0.552. The van der Waals surface area contributed by atoms with Gasteiger partial charge in [-0.15, -0.1) is 0 Å². The van der Waals surface area contributed by atoms with Crippen LogP contribution in [-0.4, -0.2) is 33.3 Å². The number of rotatable bonds is 7. The van der Waals surface area contributed by atoms with Crippen LogP contribution in [0.5, 0.6) is 0 Å². The van der Waals surface area contributed by atoms with Crippen molar-refractivity contribution < 1.29 is 8.78 Å². The topological polar surface area (TPSA) is 75.8 Å². The van der Waals surface area contributed by atoms with Crippen molar-refractivity contribution >= 4 is 63.8 Å². The van der Waals surface area contributed by atoms with Crippen LogP contribution in [0, 0.1) is 11.6 Å². The molecular formula is C48H34F2N6. The van der Waals surface area contributed by atoms with Gasteiger partial charge in [0.25, 0.3) is 0 Å². The second-order valence-corrected chi connectivity index (χ2v) is 13.1. The number of hydrogen-bond donors (Lipinski definition) is 0. The third-order valence-corrected chi connectivity index (χ3v) is 9.63. The van der Waals surface area contributed by atoms with Gasteiger partial charge in [0, 0.05) is 51.1 Å². The molecule has 8 aromatic rings. The molecule has 0 saturated heterocycles. The molecule has 270 valence electrons. The fourth-order valence-corrected chi connectivity index (χ4v) is 6.87. The van der Waals surface area contributed by atoms with E-state index >= 15 is 8.78 Å². The highest BCUT2D eigenvalue weighted by Crippen LogP contribution is 2.34. The molecule has 0 aliphatic rings. The van der Waals surface area contributed by atoms with Crippen LogP contribution in [0.1, 0.15) is 23.6 Å². The van der Waals surface area contributed by atoms with Crippen molar-refractivity contribution in [2.24, 2.45) is 15.0 Å². The average molecular weight is 733 g/mol. The van der Waals surface area contributed by atoms with Crippen LogP contribution < -0.4 is 10.4 Å². The zero-order valence-electron chi connectivity index (χ0n) is 30.5. The van der Waals surface area contributed by atoms with Gasteiger partial charge in [-0.1, -0.05) is 85.5 Å². The zero-order chi connectivity index (χ0) is 38.6. The van der Waals surface area contributed by atoms with Crippen LogP contribution >= 0.6 is 0 Å². The molecule has 56 heavy (non-hydrogen) atoms. The van der Waals surface area contributed by atoms with Crippen molar-refractivity contribution in [3.05, 3.63) is 185 Å². The summed E-state index contributed by atoms with van der Waals surface area (Å²) in [4.78, 5) is 27.6. The Labute approximate surface area is 322 Å². The number of amidine groups is 2. The number of fused-ring (bicyclic) bond motifs is 4. The van der Waals surface area contributed by atoms with Crippen molar-refractivity contribution in [1.29, 1.82) is 0 Å². The lowest BCUT2D eigenvalue weighted by molar-refractivity contribution is 0.611. The van der Waals surface area contributed by atoms with Gasteiger partial charge in [-0.2, -0.15) is 0 Å². The summed E-state index contributed by atoms with van der Waals surface area (Å²) in [6.45, 7) is 9.85. The summed E-state index contributed by atoms with van der Waals surface area (Å²) in [5.41, 5.74) is 6.54. The number of aromatic nitrogens is 3. The molecule has 0 N–H and O–H groups in total. The van der Waals surface area contributed by atoms with Gasteiger partial charge < -0.3 is 0 Å². The maximum Gasteiger partial charge on any atom is 0.161 e. The molecule has 8 heteroatoms. The molecule has 0 fully saturated rings. The van der Waals surface area contributed by atoms with Crippen LogP contribution in [0.4, 0.5) is 8.78 Å². The Hall–Kier alpha value is -7.32.